The van der Waals surface area contributed by atoms with Crippen molar-refractivity contribution < 1.29 is 14.3 Å². The lowest BCUT2D eigenvalue weighted by atomic mass is 9.97. The van der Waals surface area contributed by atoms with E-state index in [1.165, 1.54) is 46.4 Å². The Kier molecular flexibility index (Phi) is 7.17. The van der Waals surface area contributed by atoms with Gasteiger partial charge >= 0.3 is 5.97 Å². The molecule has 0 aliphatic heterocycles. The molecule has 9 heteroatoms. The molecule has 1 aliphatic rings. The van der Waals surface area contributed by atoms with Gasteiger partial charge in [-0.1, -0.05) is 41.6 Å². The summed E-state index contributed by atoms with van der Waals surface area (Å²) in [5, 5.41) is 7.30. The Morgan fingerprint density at radius 3 is 2.74 bits per heavy atom. The summed E-state index contributed by atoms with van der Waals surface area (Å²) < 4.78 is 5.31. The number of nitrogens with zero attached hydrogens (tertiary/aromatic N) is 2. The van der Waals surface area contributed by atoms with Crippen molar-refractivity contribution in [1.29, 1.82) is 0 Å². The molecule has 0 spiro atoms. The number of rotatable bonds is 7. The number of amides is 1. The summed E-state index contributed by atoms with van der Waals surface area (Å²) in [6, 6.07) is 7.96. The third-order valence-corrected chi connectivity index (χ3v) is 9.03. The molecule has 1 aromatic carbocycles. The van der Waals surface area contributed by atoms with Crippen LogP contribution < -0.4 is 5.32 Å². The van der Waals surface area contributed by atoms with Gasteiger partial charge in [0.15, 0.2) is 0 Å². The van der Waals surface area contributed by atoms with E-state index >= 15 is 0 Å². The van der Waals surface area contributed by atoms with Crippen molar-refractivity contribution in [2.45, 2.75) is 44.6 Å². The summed E-state index contributed by atoms with van der Waals surface area (Å²) in [6.45, 7) is 4.06. The quantitative estimate of drug-likeness (QED) is 0.169. The van der Waals surface area contributed by atoms with E-state index in [-0.39, 0.29) is 18.3 Å². The zero-order valence-electron chi connectivity index (χ0n) is 19.6. The lowest BCUT2D eigenvalue weighted by Gasteiger charge is -2.11. The molecule has 35 heavy (non-hydrogen) atoms. The molecule has 1 aliphatic carbocycles. The van der Waals surface area contributed by atoms with E-state index in [1.807, 2.05) is 36.6 Å². The van der Waals surface area contributed by atoms with Crippen molar-refractivity contribution in [2.75, 3.05) is 17.7 Å². The first kappa shape index (κ1) is 24.0. The molecule has 0 bridgehead atoms. The number of aryl methyl sites for hydroxylation is 3. The molecular weight excluding hydrogens is 499 g/mol. The summed E-state index contributed by atoms with van der Waals surface area (Å²) in [6.07, 6.45) is 6.11. The van der Waals surface area contributed by atoms with Crippen molar-refractivity contribution in [3.63, 3.8) is 0 Å². The predicted octanol–water partition coefficient (Wildman–Crippen LogP) is 6.51. The number of hydrogen-bond donors (Lipinski definition) is 1. The number of thioether (sulfide) groups is 1. The van der Waals surface area contributed by atoms with Crippen LogP contribution in [0.4, 0.5) is 5.00 Å². The molecule has 1 amide bonds. The maximum Gasteiger partial charge on any atom is 0.341 e. The number of aromatic nitrogens is 2. The number of esters is 1. The Morgan fingerprint density at radius 1 is 1.14 bits per heavy atom. The van der Waals surface area contributed by atoms with Crippen LogP contribution in [0.15, 0.2) is 41.0 Å². The summed E-state index contributed by atoms with van der Waals surface area (Å²) in [5.41, 5.74) is 4.56. The molecule has 0 atom stereocenters. The van der Waals surface area contributed by atoms with Crippen LogP contribution in [0.25, 0.3) is 21.3 Å². The van der Waals surface area contributed by atoms with Crippen LogP contribution in [-0.2, 0) is 22.4 Å². The van der Waals surface area contributed by atoms with Crippen molar-refractivity contribution in [2.24, 2.45) is 0 Å². The van der Waals surface area contributed by atoms with E-state index in [9.17, 15) is 9.59 Å². The summed E-state index contributed by atoms with van der Waals surface area (Å²) in [4.78, 5) is 37.1. The fraction of sp³-hybridized carbons (Fsp3) is 0.308. The number of carbonyl (C=O) groups is 2. The van der Waals surface area contributed by atoms with Crippen LogP contribution in [0.2, 0.25) is 0 Å². The predicted molar refractivity (Wildman–Crippen MR) is 144 cm³/mol. The average molecular weight is 524 g/mol. The normalized spacial score (nSPS) is 13.0. The number of anilines is 1. The minimum atomic E-state index is -0.435. The highest BCUT2D eigenvalue weighted by Gasteiger charge is 2.24. The highest BCUT2D eigenvalue weighted by Crippen LogP contribution is 2.40. The molecule has 0 fully saturated rings. The molecule has 3 heterocycles. The van der Waals surface area contributed by atoms with Gasteiger partial charge in [-0.05, 0) is 50.7 Å². The highest BCUT2D eigenvalue weighted by molar-refractivity contribution is 8.00. The van der Waals surface area contributed by atoms with Crippen LogP contribution in [0.1, 0.15) is 46.1 Å². The van der Waals surface area contributed by atoms with Crippen molar-refractivity contribution in [1.82, 2.24) is 9.97 Å². The van der Waals surface area contributed by atoms with Crippen molar-refractivity contribution in [3.8, 4) is 11.1 Å². The van der Waals surface area contributed by atoms with Gasteiger partial charge in [-0.3, -0.25) is 4.79 Å². The standard InChI is InChI=1S/C26H25N3O3S3/c1-3-32-26(31)22-18(16-10-8-15(2)9-11-16)12-33-25(22)29-20(30)13-34-23-21-17-6-4-5-7-19(17)35-24(21)28-14-27-23/h8-12,14H,3-7,13H2,1-2H3,(H,29,30). The smallest absolute Gasteiger partial charge is 0.341 e. The molecule has 0 unspecified atom stereocenters. The number of benzene rings is 1. The van der Waals surface area contributed by atoms with Gasteiger partial charge in [-0.2, -0.15) is 0 Å². The molecule has 3 aromatic heterocycles. The molecule has 0 saturated heterocycles. The molecule has 1 N–H and O–H groups in total. The SMILES string of the molecule is CCOC(=O)c1c(-c2ccc(C)cc2)csc1NC(=O)CSc1ncnc2sc3c(c12)CCCC3. The number of ether oxygens (including phenoxy) is 1. The van der Waals surface area contributed by atoms with Gasteiger partial charge in [-0.25, -0.2) is 14.8 Å². The maximum absolute atomic E-state index is 13.0. The lowest BCUT2D eigenvalue weighted by Crippen LogP contribution is -2.16. The third kappa shape index (κ3) is 4.98. The largest absolute Gasteiger partial charge is 0.462 e. The second kappa shape index (κ2) is 10.5. The fourth-order valence-corrected chi connectivity index (χ4v) is 7.36. The first-order valence-electron chi connectivity index (χ1n) is 11.6. The molecule has 4 aromatic rings. The Labute approximate surface area is 216 Å². The Hall–Kier alpha value is -2.75. The second-order valence-electron chi connectivity index (χ2n) is 8.35. The average Bonchev–Trinajstić information content (AvgIpc) is 3.45. The summed E-state index contributed by atoms with van der Waals surface area (Å²) in [5.74, 6) is -0.431. The molecule has 6 nitrogen and oxygen atoms in total. The minimum absolute atomic E-state index is 0.186. The van der Waals surface area contributed by atoms with E-state index in [0.717, 1.165) is 44.8 Å². The number of nitrogens with one attached hydrogen (secondary N) is 1. The third-order valence-electron chi connectivity index (χ3n) is 5.94. The summed E-state index contributed by atoms with van der Waals surface area (Å²) in [7, 11) is 0. The highest BCUT2D eigenvalue weighted by atomic mass is 32.2. The Balaban J connectivity index is 1.36. The van der Waals surface area contributed by atoms with Gasteiger partial charge in [0.2, 0.25) is 5.91 Å². The summed E-state index contributed by atoms with van der Waals surface area (Å²) >= 11 is 4.50. The molecule has 180 valence electrons. The fourth-order valence-electron chi connectivity index (χ4n) is 4.27. The molecule has 0 saturated carbocycles. The van der Waals surface area contributed by atoms with E-state index in [4.69, 9.17) is 4.74 Å². The first-order valence-corrected chi connectivity index (χ1v) is 14.3. The van der Waals surface area contributed by atoms with Gasteiger partial charge in [0.05, 0.1) is 12.4 Å². The first-order chi connectivity index (χ1) is 17.0. The van der Waals surface area contributed by atoms with E-state index in [0.29, 0.717) is 10.6 Å². The second-order valence-corrected chi connectivity index (χ2v) is 11.3. The molecule has 0 radical (unpaired) electrons. The van der Waals surface area contributed by atoms with Crippen LogP contribution in [0.3, 0.4) is 0 Å². The zero-order chi connectivity index (χ0) is 24.4. The lowest BCUT2D eigenvalue weighted by molar-refractivity contribution is -0.113. The molecule has 5 rings (SSSR count). The monoisotopic (exact) mass is 523 g/mol. The Morgan fingerprint density at radius 2 is 1.94 bits per heavy atom. The van der Waals surface area contributed by atoms with E-state index in [1.54, 1.807) is 24.6 Å². The van der Waals surface area contributed by atoms with E-state index in [2.05, 4.69) is 15.3 Å². The topological polar surface area (TPSA) is 81.2 Å². The van der Waals surface area contributed by atoms with Gasteiger partial charge in [0, 0.05) is 21.2 Å². The number of thiophene rings is 2. The van der Waals surface area contributed by atoms with Crippen LogP contribution in [-0.4, -0.2) is 34.2 Å². The molecular formula is C26H25N3O3S3. The van der Waals surface area contributed by atoms with Gasteiger partial charge in [0.1, 0.15) is 26.7 Å². The Bertz CT molecular complexity index is 1390. The van der Waals surface area contributed by atoms with Gasteiger partial charge in [-0.15, -0.1) is 22.7 Å². The van der Waals surface area contributed by atoms with Crippen molar-refractivity contribution >= 4 is 61.5 Å². The van der Waals surface area contributed by atoms with Crippen LogP contribution in [0, 0.1) is 6.92 Å². The van der Waals surface area contributed by atoms with Crippen LogP contribution >= 0.6 is 34.4 Å². The van der Waals surface area contributed by atoms with Gasteiger partial charge < -0.3 is 10.1 Å². The van der Waals surface area contributed by atoms with Crippen molar-refractivity contribution in [3.05, 3.63) is 57.5 Å². The van der Waals surface area contributed by atoms with E-state index < -0.39 is 5.97 Å². The minimum Gasteiger partial charge on any atom is -0.462 e. The zero-order valence-corrected chi connectivity index (χ0v) is 22.0. The number of fused-ring (bicyclic) bond motifs is 3. The maximum atomic E-state index is 13.0. The number of hydrogen-bond acceptors (Lipinski definition) is 8. The van der Waals surface area contributed by atoms with Gasteiger partial charge in [0.25, 0.3) is 0 Å². The number of carbonyl (C=O) groups excluding carboxylic acids is 2. The van der Waals surface area contributed by atoms with Crippen LogP contribution in [0.5, 0.6) is 0 Å².